The molecule has 0 spiro atoms. The van der Waals surface area contributed by atoms with Crippen molar-refractivity contribution in [3.05, 3.63) is 35.9 Å². The second kappa shape index (κ2) is 5.32. The van der Waals surface area contributed by atoms with Crippen LogP contribution in [0.5, 0.6) is 0 Å². The standard InChI is InChI=1S/C14H21NO2/c1-10(2)14(11(3)15,9-13(16)17)12-7-5-4-6-8-12/h4-8,10-11H,9,15H2,1-3H3,(H,16,17). The van der Waals surface area contributed by atoms with Gasteiger partial charge in [-0.1, -0.05) is 44.2 Å². The van der Waals surface area contributed by atoms with Gasteiger partial charge in [0.15, 0.2) is 0 Å². The largest absolute Gasteiger partial charge is 0.481 e. The van der Waals surface area contributed by atoms with Crippen LogP contribution >= 0.6 is 0 Å². The molecule has 1 aromatic carbocycles. The lowest BCUT2D eigenvalue weighted by Crippen LogP contribution is -2.49. The van der Waals surface area contributed by atoms with E-state index >= 15 is 0 Å². The molecule has 2 atom stereocenters. The second-order valence-electron chi connectivity index (χ2n) is 4.92. The van der Waals surface area contributed by atoms with Gasteiger partial charge < -0.3 is 10.8 Å². The number of benzene rings is 1. The summed E-state index contributed by atoms with van der Waals surface area (Å²) >= 11 is 0. The minimum absolute atomic E-state index is 0.0619. The van der Waals surface area contributed by atoms with Crippen LogP contribution in [0.1, 0.15) is 32.8 Å². The summed E-state index contributed by atoms with van der Waals surface area (Å²) in [7, 11) is 0. The average molecular weight is 235 g/mol. The molecule has 0 saturated carbocycles. The van der Waals surface area contributed by atoms with Crippen molar-refractivity contribution in [2.75, 3.05) is 0 Å². The molecule has 3 N–H and O–H groups in total. The van der Waals surface area contributed by atoms with E-state index in [1.807, 2.05) is 51.1 Å². The molecule has 0 aromatic heterocycles. The molecule has 0 bridgehead atoms. The maximum absolute atomic E-state index is 11.1. The number of carboxylic acids is 1. The molecule has 0 radical (unpaired) electrons. The van der Waals surface area contributed by atoms with E-state index in [1.54, 1.807) is 0 Å². The zero-order valence-corrected chi connectivity index (χ0v) is 10.7. The number of carbonyl (C=O) groups is 1. The topological polar surface area (TPSA) is 63.3 Å². The van der Waals surface area contributed by atoms with E-state index in [4.69, 9.17) is 10.8 Å². The van der Waals surface area contributed by atoms with Gasteiger partial charge in [0.2, 0.25) is 0 Å². The fraction of sp³-hybridized carbons (Fsp3) is 0.500. The summed E-state index contributed by atoms with van der Waals surface area (Å²) in [5.74, 6) is -0.638. The Balaban J connectivity index is 3.30. The quantitative estimate of drug-likeness (QED) is 0.823. The summed E-state index contributed by atoms with van der Waals surface area (Å²) in [6.07, 6.45) is 0.0619. The maximum Gasteiger partial charge on any atom is 0.304 e. The van der Waals surface area contributed by atoms with E-state index in [-0.39, 0.29) is 18.4 Å². The third kappa shape index (κ3) is 2.67. The Bertz CT molecular complexity index is 363. The predicted molar refractivity (Wildman–Crippen MR) is 68.9 cm³/mol. The third-order valence-electron chi connectivity index (χ3n) is 3.60. The van der Waals surface area contributed by atoms with Gasteiger partial charge in [-0.3, -0.25) is 4.79 Å². The van der Waals surface area contributed by atoms with Crippen molar-refractivity contribution in [2.45, 2.75) is 38.6 Å². The molecule has 0 aliphatic heterocycles. The van der Waals surface area contributed by atoms with Crippen LogP contribution in [-0.4, -0.2) is 17.1 Å². The predicted octanol–water partition coefficient (Wildman–Crippen LogP) is 2.40. The van der Waals surface area contributed by atoms with Crippen molar-refractivity contribution >= 4 is 5.97 Å². The van der Waals surface area contributed by atoms with Gasteiger partial charge in [0.1, 0.15) is 0 Å². The molecule has 3 heteroatoms. The van der Waals surface area contributed by atoms with E-state index in [1.165, 1.54) is 0 Å². The summed E-state index contributed by atoms with van der Waals surface area (Å²) < 4.78 is 0. The van der Waals surface area contributed by atoms with E-state index in [0.717, 1.165) is 5.56 Å². The lowest BCUT2D eigenvalue weighted by Gasteiger charge is -2.40. The van der Waals surface area contributed by atoms with Crippen LogP contribution < -0.4 is 5.73 Å². The number of hydrogen-bond acceptors (Lipinski definition) is 2. The smallest absolute Gasteiger partial charge is 0.304 e. The lowest BCUT2D eigenvalue weighted by molar-refractivity contribution is -0.139. The Hall–Kier alpha value is -1.35. The van der Waals surface area contributed by atoms with Crippen LogP contribution in [0.25, 0.3) is 0 Å². The molecule has 1 rings (SSSR count). The Morgan fingerprint density at radius 3 is 2.18 bits per heavy atom. The number of rotatable bonds is 5. The number of nitrogens with two attached hydrogens (primary N) is 1. The average Bonchev–Trinajstić information content (AvgIpc) is 2.25. The Kier molecular flexibility index (Phi) is 4.29. The van der Waals surface area contributed by atoms with Gasteiger partial charge >= 0.3 is 5.97 Å². The van der Waals surface area contributed by atoms with Crippen molar-refractivity contribution in [2.24, 2.45) is 11.7 Å². The molecular weight excluding hydrogens is 214 g/mol. The highest BCUT2D eigenvalue weighted by molar-refractivity contribution is 5.69. The number of carboxylic acid groups (broad SMARTS) is 1. The Morgan fingerprint density at radius 2 is 1.82 bits per heavy atom. The van der Waals surface area contributed by atoms with Crippen LogP contribution in [0.4, 0.5) is 0 Å². The van der Waals surface area contributed by atoms with Crippen LogP contribution in [0.2, 0.25) is 0 Å². The first-order valence-corrected chi connectivity index (χ1v) is 5.94. The zero-order valence-electron chi connectivity index (χ0n) is 10.7. The highest BCUT2D eigenvalue weighted by Gasteiger charge is 2.41. The lowest BCUT2D eigenvalue weighted by atomic mass is 9.65. The molecule has 0 fully saturated rings. The normalized spacial score (nSPS) is 16.5. The van der Waals surface area contributed by atoms with Crippen molar-refractivity contribution in [1.82, 2.24) is 0 Å². The molecule has 0 aliphatic rings. The van der Waals surface area contributed by atoms with Crippen LogP contribution in [0.15, 0.2) is 30.3 Å². The summed E-state index contributed by atoms with van der Waals surface area (Å²) in [6, 6.07) is 9.50. The molecule has 1 aromatic rings. The summed E-state index contributed by atoms with van der Waals surface area (Å²) in [6.45, 7) is 5.94. The first kappa shape index (κ1) is 13.7. The minimum Gasteiger partial charge on any atom is -0.481 e. The Labute approximate surface area is 103 Å². The zero-order chi connectivity index (χ0) is 13.1. The molecule has 17 heavy (non-hydrogen) atoms. The van der Waals surface area contributed by atoms with Crippen molar-refractivity contribution in [3.63, 3.8) is 0 Å². The molecular formula is C14H21NO2. The molecule has 0 aliphatic carbocycles. The summed E-state index contributed by atoms with van der Waals surface area (Å²) in [5, 5.41) is 9.15. The van der Waals surface area contributed by atoms with E-state index in [0.29, 0.717) is 0 Å². The van der Waals surface area contributed by atoms with Crippen LogP contribution in [0.3, 0.4) is 0 Å². The number of hydrogen-bond donors (Lipinski definition) is 2. The maximum atomic E-state index is 11.1. The first-order chi connectivity index (χ1) is 7.91. The fourth-order valence-corrected chi connectivity index (χ4v) is 2.59. The van der Waals surface area contributed by atoms with Gasteiger partial charge in [-0.05, 0) is 18.4 Å². The monoisotopic (exact) mass is 235 g/mol. The molecule has 3 nitrogen and oxygen atoms in total. The fourth-order valence-electron chi connectivity index (χ4n) is 2.59. The molecule has 94 valence electrons. The summed E-state index contributed by atoms with van der Waals surface area (Å²) in [5.41, 5.74) is 6.59. The SMILES string of the molecule is CC(C)C(CC(=O)O)(c1ccccc1)C(C)N. The highest BCUT2D eigenvalue weighted by Crippen LogP contribution is 2.38. The van der Waals surface area contributed by atoms with Gasteiger partial charge in [0.05, 0.1) is 6.42 Å². The first-order valence-electron chi connectivity index (χ1n) is 5.94. The van der Waals surface area contributed by atoms with Gasteiger partial charge in [0, 0.05) is 11.5 Å². The van der Waals surface area contributed by atoms with E-state index in [9.17, 15) is 4.79 Å². The van der Waals surface area contributed by atoms with Crippen LogP contribution in [-0.2, 0) is 10.2 Å². The van der Waals surface area contributed by atoms with Gasteiger partial charge in [-0.15, -0.1) is 0 Å². The van der Waals surface area contributed by atoms with Crippen molar-refractivity contribution in [1.29, 1.82) is 0 Å². The third-order valence-corrected chi connectivity index (χ3v) is 3.60. The Morgan fingerprint density at radius 1 is 1.29 bits per heavy atom. The molecule has 2 unspecified atom stereocenters. The van der Waals surface area contributed by atoms with E-state index < -0.39 is 11.4 Å². The second-order valence-corrected chi connectivity index (χ2v) is 4.92. The van der Waals surface area contributed by atoms with Crippen molar-refractivity contribution in [3.8, 4) is 0 Å². The van der Waals surface area contributed by atoms with Crippen molar-refractivity contribution < 1.29 is 9.90 Å². The van der Waals surface area contributed by atoms with Gasteiger partial charge in [-0.2, -0.15) is 0 Å². The van der Waals surface area contributed by atoms with Gasteiger partial charge in [0.25, 0.3) is 0 Å². The summed E-state index contributed by atoms with van der Waals surface area (Å²) in [4.78, 5) is 11.1. The van der Waals surface area contributed by atoms with Gasteiger partial charge in [-0.25, -0.2) is 0 Å². The molecule has 0 heterocycles. The molecule has 0 saturated heterocycles. The molecule has 0 amide bonds. The van der Waals surface area contributed by atoms with Crippen LogP contribution in [0, 0.1) is 5.92 Å². The number of aliphatic carboxylic acids is 1. The minimum atomic E-state index is -0.806. The van der Waals surface area contributed by atoms with E-state index in [2.05, 4.69) is 0 Å². The highest BCUT2D eigenvalue weighted by atomic mass is 16.4.